The molecule has 0 N–H and O–H groups in total. The van der Waals surface area contributed by atoms with Gasteiger partial charge in [-0.05, 0) is 52.7 Å². The van der Waals surface area contributed by atoms with Crippen LogP contribution in [-0.2, 0) is 20.4 Å². The molecular weight excluding hydrogens is 403 g/mol. The minimum Gasteiger partial charge on any atom is -0.457 e. The molecule has 30 heavy (non-hydrogen) atoms. The minimum absolute atomic E-state index is 0.0314. The number of piperidine rings is 1. The van der Waals surface area contributed by atoms with E-state index in [-0.39, 0.29) is 11.6 Å². The fourth-order valence-electron chi connectivity index (χ4n) is 3.16. The zero-order valence-electron chi connectivity index (χ0n) is 17.4. The number of amides is 1. The third-order valence-corrected chi connectivity index (χ3v) is 4.72. The number of alkyl halides is 3. The first-order valence-electron chi connectivity index (χ1n) is 9.64. The average molecular weight is 429 g/mol. The van der Waals surface area contributed by atoms with E-state index in [0.717, 1.165) is 24.3 Å². The van der Waals surface area contributed by atoms with Gasteiger partial charge in [-0.2, -0.15) is 13.2 Å². The number of nitrogens with zero attached hydrogens (tertiary/aromatic N) is 1. The maximum atomic E-state index is 12.6. The van der Waals surface area contributed by atoms with Gasteiger partial charge >= 0.3 is 18.2 Å². The summed E-state index contributed by atoms with van der Waals surface area (Å²) in [6.07, 6.45) is -4.19. The predicted octanol–water partition coefficient (Wildman–Crippen LogP) is 4.47. The van der Waals surface area contributed by atoms with E-state index in [2.05, 4.69) is 0 Å². The molecule has 0 saturated carbocycles. The lowest BCUT2D eigenvalue weighted by molar-refractivity contribution is -0.149. The smallest absolute Gasteiger partial charge is 0.416 e. The molecule has 0 bridgehead atoms. The summed E-state index contributed by atoms with van der Waals surface area (Å²) in [6.45, 7) is 6.89. The molecule has 1 heterocycles. The largest absolute Gasteiger partial charge is 0.457 e. The van der Waals surface area contributed by atoms with Crippen LogP contribution in [0.25, 0.3) is 0 Å². The van der Waals surface area contributed by atoms with Crippen LogP contribution in [0.5, 0.6) is 0 Å². The van der Waals surface area contributed by atoms with Gasteiger partial charge in [0.05, 0.1) is 11.5 Å². The molecule has 1 aliphatic rings. The molecule has 1 fully saturated rings. The van der Waals surface area contributed by atoms with E-state index >= 15 is 0 Å². The Morgan fingerprint density at radius 3 is 2.20 bits per heavy atom. The van der Waals surface area contributed by atoms with Crippen LogP contribution in [0.2, 0.25) is 0 Å². The second-order valence-electron chi connectivity index (χ2n) is 8.35. The molecule has 0 aromatic heterocycles. The number of hydrogen-bond acceptors (Lipinski definition) is 5. The molecule has 0 radical (unpaired) electrons. The number of hydrogen-bond donors (Lipinski definition) is 0. The van der Waals surface area contributed by atoms with Gasteiger partial charge in [-0.3, -0.25) is 9.59 Å². The summed E-state index contributed by atoms with van der Waals surface area (Å²) in [5.41, 5.74) is -1.45. The van der Waals surface area contributed by atoms with Crippen LogP contribution in [0, 0.1) is 5.92 Å². The highest BCUT2D eigenvalue weighted by molar-refractivity contribution is 5.98. The molecule has 1 aromatic rings. The summed E-state index contributed by atoms with van der Waals surface area (Å²) in [5.74, 6) is -1.62. The number of likely N-dealkylation sites (tertiary alicyclic amines) is 1. The molecular formula is C21H26F3NO5. The first kappa shape index (κ1) is 23.7. The van der Waals surface area contributed by atoms with E-state index in [1.54, 1.807) is 32.6 Å². The molecule has 1 aromatic carbocycles. The van der Waals surface area contributed by atoms with Crippen molar-refractivity contribution in [2.45, 2.75) is 58.4 Å². The van der Waals surface area contributed by atoms with Crippen LogP contribution in [0.1, 0.15) is 56.5 Å². The van der Waals surface area contributed by atoms with Gasteiger partial charge < -0.3 is 14.4 Å². The molecule has 166 valence electrons. The first-order valence-corrected chi connectivity index (χ1v) is 9.64. The van der Waals surface area contributed by atoms with Crippen LogP contribution < -0.4 is 0 Å². The van der Waals surface area contributed by atoms with Gasteiger partial charge in [0.1, 0.15) is 5.60 Å². The molecule has 1 aliphatic heterocycles. The summed E-state index contributed by atoms with van der Waals surface area (Å²) in [5, 5.41) is 0. The number of halogens is 3. The van der Waals surface area contributed by atoms with Gasteiger partial charge in [-0.1, -0.05) is 12.1 Å². The summed E-state index contributed by atoms with van der Waals surface area (Å²) in [4.78, 5) is 38.2. The highest BCUT2D eigenvalue weighted by atomic mass is 19.4. The van der Waals surface area contributed by atoms with E-state index in [4.69, 9.17) is 9.47 Å². The minimum atomic E-state index is -4.49. The first-order chi connectivity index (χ1) is 13.8. The zero-order chi connectivity index (χ0) is 22.7. The Bertz CT molecular complexity index is 783. The van der Waals surface area contributed by atoms with Gasteiger partial charge in [0.2, 0.25) is 0 Å². The summed E-state index contributed by atoms with van der Waals surface area (Å²) in [6, 6.07) is 3.49. The number of Topliss-reactive ketones (excluding diaryl/α,β-unsaturated/α-hetero) is 1. The second-order valence-corrected chi connectivity index (χ2v) is 8.35. The highest BCUT2D eigenvalue weighted by Crippen LogP contribution is 2.29. The number of ketones is 1. The van der Waals surface area contributed by atoms with E-state index in [1.807, 2.05) is 0 Å². The highest BCUT2D eigenvalue weighted by Gasteiger charge is 2.35. The fraction of sp³-hybridized carbons (Fsp3) is 0.571. The number of carbonyl (C=O) groups is 3. The van der Waals surface area contributed by atoms with Crippen molar-refractivity contribution in [3.05, 3.63) is 35.4 Å². The molecule has 2 atom stereocenters. The number of ether oxygens (including phenoxy) is 2. The third kappa shape index (κ3) is 6.47. The molecule has 1 saturated heterocycles. The molecule has 0 spiro atoms. The van der Waals surface area contributed by atoms with Crippen LogP contribution in [-0.4, -0.2) is 47.5 Å². The average Bonchev–Trinajstić information content (AvgIpc) is 2.63. The number of carbonyl (C=O) groups excluding carboxylic acids is 3. The Kier molecular flexibility index (Phi) is 7.15. The van der Waals surface area contributed by atoms with Crippen molar-refractivity contribution < 1.29 is 37.0 Å². The van der Waals surface area contributed by atoms with Gasteiger partial charge in [0.25, 0.3) is 0 Å². The lowest BCUT2D eigenvalue weighted by atomic mass is 9.92. The Hall–Kier alpha value is -2.58. The Morgan fingerprint density at radius 2 is 1.70 bits per heavy atom. The third-order valence-electron chi connectivity index (χ3n) is 4.72. The molecule has 0 aliphatic carbocycles. The van der Waals surface area contributed by atoms with Crippen molar-refractivity contribution in [3.63, 3.8) is 0 Å². The van der Waals surface area contributed by atoms with Crippen LogP contribution in [0.4, 0.5) is 18.0 Å². The van der Waals surface area contributed by atoms with Crippen molar-refractivity contribution in [2.75, 3.05) is 13.2 Å². The van der Waals surface area contributed by atoms with Crippen molar-refractivity contribution >= 4 is 17.8 Å². The fourth-order valence-corrected chi connectivity index (χ4v) is 3.16. The topological polar surface area (TPSA) is 72.9 Å². The quantitative estimate of drug-likeness (QED) is 0.522. The molecule has 9 heteroatoms. The van der Waals surface area contributed by atoms with Crippen molar-refractivity contribution in [3.8, 4) is 0 Å². The Morgan fingerprint density at radius 1 is 1.10 bits per heavy atom. The van der Waals surface area contributed by atoms with Crippen molar-refractivity contribution in [1.82, 2.24) is 4.90 Å². The Labute approximate surface area is 173 Å². The van der Waals surface area contributed by atoms with Crippen LogP contribution in [0.3, 0.4) is 0 Å². The monoisotopic (exact) mass is 429 g/mol. The summed E-state index contributed by atoms with van der Waals surface area (Å²) in [7, 11) is 0. The predicted molar refractivity (Wildman–Crippen MR) is 102 cm³/mol. The Balaban J connectivity index is 1.86. The van der Waals surface area contributed by atoms with Crippen molar-refractivity contribution in [2.24, 2.45) is 5.92 Å². The normalized spacial score (nSPS) is 19.9. The maximum Gasteiger partial charge on any atom is 0.416 e. The van der Waals surface area contributed by atoms with E-state index in [1.165, 1.54) is 0 Å². The zero-order valence-corrected chi connectivity index (χ0v) is 17.4. The van der Waals surface area contributed by atoms with E-state index < -0.39 is 47.7 Å². The van der Waals surface area contributed by atoms with E-state index in [9.17, 15) is 27.6 Å². The lowest BCUT2D eigenvalue weighted by Gasteiger charge is -2.37. The van der Waals surface area contributed by atoms with Gasteiger partial charge in [0.15, 0.2) is 12.4 Å². The summed E-state index contributed by atoms with van der Waals surface area (Å²) >= 11 is 0. The second kappa shape index (κ2) is 9.06. The molecule has 2 rings (SSSR count). The van der Waals surface area contributed by atoms with Crippen molar-refractivity contribution in [1.29, 1.82) is 0 Å². The van der Waals surface area contributed by atoms with Gasteiger partial charge in [-0.25, -0.2) is 4.79 Å². The summed E-state index contributed by atoms with van der Waals surface area (Å²) < 4.78 is 48.2. The standard InChI is InChI=1S/C21H26F3NO5/c1-13-11-15(9-10-25(13)19(28)30-20(2,3)4)18(27)29-12-17(26)14-5-7-16(8-6-14)21(22,23)24/h5-8,13,15H,9-12H2,1-4H3. The maximum absolute atomic E-state index is 12.6. The number of rotatable bonds is 4. The lowest BCUT2D eigenvalue weighted by Crippen LogP contribution is -2.48. The van der Waals surface area contributed by atoms with E-state index in [0.29, 0.717) is 19.4 Å². The number of esters is 1. The van der Waals surface area contributed by atoms with Gasteiger partial charge in [-0.15, -0.1) is 0 Å². The SMILES string of the molecule is CC1CC(C(=O)OCC(=O)c2ccc(C(F)(F)F)cc2)CCN1C(=O)OC(C)(C)C. The van der Waals surface area contributed by atoms with Crippen LogP contribution in [0.15, 0.2) is 24.3 Å². The molecule has 1 amide bonds. The van der Waals surface area contributed by atoms with Gasteiger partial charge in [0, 0.05) is 18.2 Å². The molecule has 6 nitrogen and oxygen atoms in total. The van der Waals surface area contributed by atoms with Crippen LogP contribution >= 0.6 is 0 Å². The number of benzene rings is 1. The molecule has 2 unspecified atom stereocenters.